The number of nitrogens with zero attached hydrogens (tertiary/aromatic N) is 3. The van der Waals surface area contributed by atoms with Gasteiger partial charge in [-0.3, -0.25) is 0 Å². The fourth-order valence-corrected chi connectivity index (χ4v) is 1.94. The molecule has 0 unspecified atom stereocenters. The molecule has 0 saturated carbocycles. The molecule has 2 aromatic rings. The Kier molecular flexibility index (Phi) is 5.45. The Bertz CT molecular complexity index is 579. The fourth-order valence-electron chi connectivity index (χ4n) is 1.94. The lowest BCUT2D eigenvalue weighted by atomic mass is 10.2. The number of ether oxygens (including phenoxy) is 1. The fraction of sp³-hybridized carbons (Fsp3) is 0.333. The molecule has 2 N–H and O–H groups in total. The van der Waals surface area contributed by atoms with Crippen LogP contribution in [-0.4, -0.2) is 29.7 Å². The third kappa shape index (κ3) is 3.88. The van der Waals surface area contributed by atoms with Crippen LogP contribution in [0, 0.1) is 5.82 Å². The molecule has 21 heavy (non-hydrogen) atoms. The zero-order valence-electron chi connectivity index (χ0n) is 12.0. The van der Waals surface area contributed by atoms with Crippen LogP contribution in [0.3, 0.4) is 0 Å². The number of nitrogens with two attached hydrogens (primary N) is 1. The van der Waals surface area contributed by atoms with Gasteiger partial charge in [-0.2, -0.15) is 4.98 Å². The van der Waals surface area contributed by atoms with Crippen LogP contribution < -0.4 is 15.4 Å². The topological polar surface area (TPSA) is 64.3 Å². The van der Waals surface area contributed by atoms with Crippen molar-refractivity contribution < 1.29 is 9.13 Å². The molecule has 5 nitrogen and oxygen atoms in total. The van der Waals surface area contributed by atoms with Gasteiger partial charge in [0.2, 0.25) is 11.8 Å². The Morgan fingerprint density at radius 1 is 1.29 bits per heavy atom. The number of benzene rings is 1. The molecule has 0 spiro atoms. The Morgan fingerprint density at radius 3 is 2.81 bits per heavy atom. The van der Waals surface area contributed by atoms with E-state index in [0.717, 1.165) is 0 Å². The van der Waals surface area contributed by atoms with Gasteiger partial charge in [-0.15, -0.1) is 0 Å². The zero-order chi connectivity index (χ0) is 15.1. The summed E-state index contributed by atoms with van der Waals surface area (Å²) < 4.78 is 19.4. The quantitative estimate of drug-likeness (QED) is 0.848. The van der Waals surface area contributed by atoms with Crippen LogP contribution in [0.15, 0.2) is 36.5 Å². The molecule has 2 rings (SSSR count). The second kappa shape index (κ2) is 7.54. The van der Waals surface area contributed by atoms with Crippen LogP contribution in [0.25, 0.3) is 0 Å². The molecule has 0 bridgehead atoms. The summed E-state index contributed by atoms with van der Waals surface area (Å²) in [6.07, 6.45) is 2.31. The normalized spacial score (nSPS) is 10.4. The Hall–Kier alpha value is -2.21. The van der Waals surface area contributed by atoms with E-state index in [1.165, 1.54) is 6.07 Å². The predicted molar refractivity (Wildman–Crippen MR) is 80.3 cm³/mol. The summed E-state index contributed by atoms with van der Waals surface area (Å²) in [5.74, 6) is 0.552. The van der Waals surface area contributed by atoms with Gasteiger partial charge >= 0.3 is 0 Å². The highest BCUT2D eigenvalue weighted by molar-refractivity contribution is 5.58. The smallest absolute Gasteiger partial charge is 0.233 e. The van der Waals surface area contributed by atoms with E-state index in [1.807, 2.05) is 6.92 Å². The van der Waals surface area contributed by atoms with Crippen molar-refractivity contribution in [2.45, 2.75) is 13.3 Å². The van der Waals surface area contributed by atoms with Crippen molar-refractivity contribution in [1.82, 2.24) is 9.97 Å². The number of halogens is 1. The first-order valence-electron chi connectivity index (χ1n) is 6.94. The first-order valence-corrected chi connectivity index (χ1v) is 6.94. The van der Waals surface area contributed by atoms with Crippen molar-refractivity contribution in [3.63, 3.8) is 0 Å². The lowest BCUT2D eigenvalue weighted by Crippen LogP contribution is -2.24. The van der Waals surface area contributed by atoms with Crippen molar-refractivity contribution in [2.24, 2.45) is 5.73 Å². The minimum Gasteiger partial charge on any atom is -0.478 e. The van der Waals surface area contributed by atoms with Gasteiger partial charge in [0.25, 0.3) is 0 Å². The van der Waals surface area contributed by atoms with E-state index in [9.17, 15) is 4.39 Å². The van der Waals surface area contributed by atoms with Crippen molar-refractivity contribution in [2.75, 3.05) is 24.6 Å². The first kappa shape index (κ1) is 15.2. The lowest BCUT2D eigenvalue weighted by molar-refractivity contribution is 0.326. The van der Waals surface area contributed by atoms with E-state index in [4.69, 9.17) is 10.5 Å². The SMILES string of the molecule is CCOc1ccnc(N(CCCN)c2ccccc2F)n1. The van der Waals surface area contributed by atoms with Crippen LogP contribution in [-0.2, 0) is 0 Å². The molecule has 1 aromatic carbocycles. The summed E-state index contributed by atoms with van der Waals surface area (Å²) in [6, 6.07) is 8.22. The maximum Gasteiger partial charge on any atom is 0.233 e. The predicted octanol–water partition coefficient (Wildman–Crippen LogP) is 2.50. The average molecular weight is 290 g/mol. The number of aromatic nitrogens is 2. The zero-order valence-corrected chi connectivity index (χ0v) is 12.0. The van der Waals surface area contributed by atoms with Crippen LogP contribution in [0.4, 0.5) is 16.0 Å². The van der Waals surface area contributed by atoms with Crippen LogP contribution in [0.2, 0.25) is 0 Å². The third-order valence-electron chi connectivity index (χ3n) is 2.88. The van der Waals surface area contributed by atoms with Gasteiger partial charge in [-0.1, -0.05) is 12.1 Å². The van der Waals surface area contributed by atoms with Gasteiger partial charge in [0.15, 0.2) is 0 Å². The van der Waals surface area contributed by atoms with E-state index in [2.05, 4.69) is 9.97 Å². The third-order valence-corrected chi connectivity index (χ3v) is 2.88. The molecule has 112 valence electrons. The average Bonchev–Trinajstić information content (AvgIpc) is 2.50. The summed E-state index contributed by atoms with van der Waals surface area (Å²) in [5, 5.41) is 0. The number of rotatable bonds is 7. The van der Waals surface area contributed by atoms with Crippen molar-refractivity contribution >= 4 is 11.6 Å². The Labute approximate surface area is 123 Å². The monoisotopic (exact) mass is 290 g/mol. The van der Waals surface area contributed by atoms with E-state index < -0.39 is 0 Å². The molecule has 0 radical (unpaired) electrons. The highest BCUT2D eigenvalue weighted by atomic mass is 19.1. The van der Waals surface area contributed by atoms with Crippen LogP contribution in [0.1, 0.15) is 13.3 Å². The molecule has 0 fully saturated rings. The number of para-hydroxylation sites is 1. The van der Waals surface area contributed by atoms with Gasteiger partial charge in [0.05, 0.1) is 12.3 Å². The summed E-state index contributed by atoms with van der Waals surface area (Å²) in [6.45, 7) is 3.44. The molecule has 1 heterocycles. The standard InChI is InChI=1S/C15H19FN4O/c1-2-21-14-8-10-18-15(19-14)20(11-5-9-17)13-7-4-3-6-12(13)16/h3-4,6-8,10H,2,5,9,11,17H2,1H3. The van der Waals surface area contributed by atoms with Gasteiger partial charge in [-0.05, 0) is 32.0 Å². The van der Waals surface area contributed by atoms with Crippen molar-refractivity contribution in [3.8, 4) is 5.88 Å². The maximum atomic E-state index is 14.0. The summed E-state index contributed by atoms with van der Waals surface area (Å²) >= 11 is 0. The molecule has 0 amide bonds. The van der Waals surface area contributed by atoms with Crippen molar-refractivity contribution in [3.05, 3.63) is 42.3 Å². The molecule has 6 heteroatoms. The van der Waals surface area contributed by atoms with Crippen molar-refractivity contribution in [1.29, 1.82) is 0 Å². The summed E-state index contributed by atoms with van der Waals surface area (Å²) in [4.78, 5) is 10.3. The van der Waals surface area contributed by atoms with Gasteiger partial charge in [-0.25, -0.2) is 9.37 Å². The molecule has 1 aromatic heterocycles. The van der Waals surface area contributed by atoms with Crippen LogP contribution in [0.5, 0.6) is 5.88 Å². The van der Waals surface area contributed by atoms with Crippen LogP contribution >= 0.6 is 0 Å². The van der Waals surface area contributed by atoms with Gasteiger partial charge in [0.1, 0.15) is 5.82 Å². The van der Waals surface area contributed by atoms with E-state index in [-0.39, 0.29) is 5.82 Å². The molecule has 0 aliphatic rings. The number of hydrogen-bond donors (Lipinski definition) is 1. The van der Waals surface area contributed by atoms with Gasteiger partial charge in [0, 0.05) is 18.8 Å². The highest BCUT2D eigenvalue weighted by Crippen LogP contribution is 2.26. The largest absolute Gasteiger partial charge is 0.478 e. The van der Waals surface area contributed by atoms with Gasteiger partial charge < -0.3 is 15.4 Å². The summed E-state index contributed by atoms with van der Waals surface area (Å²) in [5.41, 5.74) is 5.99. The second-order valence-electron chi connectivity index (χ2n) is 4.37. The Balaban J connectivity index is 2.36. The second-order valence-corrected chi connectivity index (χ2v) is 4.37. The molecular weight excluding hydrogens is 271 g/mol. The Morgan fingerprint density at radius 2 is 2.10 bits per heavy atom. The highest BCUT2D eigenvalue weighted by Gasteiger charge is 2.16. The molecule has 0 aliphatic heterocycles. The van der Waals surface area contributed by atoms with E-state index >= 15 is 0 Å². The maximum absolute atomic E-state index is 14.0. The number of anilines is 2. The molecular formula is C15H19FN4O. The molecule has 0 saturated heterocycles. The minimum atomic E-state index is -0.320. The van der Waals surface area contributed by atoms with E-state index in [1.54, 1.807) is 35.4 Å². The molecule has 0 atom stereocenters. The minimum absolute atomic E-state index is 0.320. The summed E-state index contributed by atoms with van der Waals surface area (Å²) in [7, 11) is 0. The first-order chi connectivity index (χ1) is 10.3. The van der Waals surface area contributed by atoms with E-state index in [0.29, 0.717) is 43.6 Å². The lowest BCUT2D eigenvalue weighted by Gasteiger charge is -2.23. The molecule has 0 aliphatic carbocycles. The number of hydrogen-bond acceptors (Lipinski definition) is 5.